The minimum atomic E-state index is -1.08. The van der Waals surface area contributed by atoms with Crippen molar-refractivity contribution in [2.75, 3.05) is 5.32 Å². The first kappa shape index (κ1) is 17.7. The van der Waals surface area contributed by atoms with Gasteiger partial charge in [-0.25, -0.2) is 17.6 Å². The van der Waals surface area contributed by atoms with Crippen molar-refractivity contribution < 1.29 is 22.4 Å². The summed E-state index contributed by atoms with van der Waals surface area (Å²) in [5.41, 5.74) is 0.197. The first-order valence-corrected chi connectivity index (χ1v) is 7.70. The minimum absolute atomic E-state index is 0.130. The van der Waals surface area contributed by atoms with Crippen LogP contribution < -0.4 is 5.32 Å². The van der Waals surface area contributed by atoms with E-state index in [1.807, 2.05) is 0 Å². The maximum atomic E-state index is 13.8. The van der Waals surface area contributed by atoms with Gasteiger partial charge in [0.05, 0.1) is 11.4 Å². The van der Waals surface area contributed by atoms with E-state index in [4.69, 9.17) is 0 Å². The average molecular weight is 363 g/mol. The van der Waals surface area contributed by atoms with Gasteiger partial charge >= 0.3 is 0 Å². The first-order valence-electron chi connectivity index (χ1n) is 7.70. The number of carbonyl (C=O) groups is 1. The number of anilines is 1. The van der Waals surface area contributed by atoms with E-state index in [2.05, 4.69) is 15.5 Å². The van der Waals surface area contributed by atoms with E-state index < -0.39 is 34.7 Å². The summed E-state index contributed by atoms with van der Waals surface area (Å²) in [5, 5.41) is 9.09. The van der Waals surface area contributed by atoms with Crippen LogP contribution in [0.4, 0.5) is 23.2 Å². The summed E-state index contributed by atoms with van der Waals surface area (Å²) >= 11 is 0. The molecule has 0 spiro atoms. The lowest BCUT2D eigenvalue weighted by Gasteiger charge is -2.09. The number of hydrogen-bond acceptors (Lipinski definition) is 2. The predicted octanol–water partition coefficient (Wildman–Crippen LogP) is 4.45. The lowest BCUT2D eigenvalue weighted by atomic mass is 10.1. The molecule has 3 rings (SSSR count). The SMILES string of the molecule is CCc1[nH]nc(-c2ccc(F)c(F)c2)c1NC(=O)c1c(F)cccc1F. The van der Waals surface area contributed by atoms with Crippen LogP contribution in [0, 0.1) is 23.3 Å². The second-order valence-corrected chi connectivity index (χ2v) is 5.46. The number of aryl methyl sites for hydroxylation is 1. The van der Waals surface area contributed by atoms with Crippen LogP contribution in [0.3, 0.4) is 0 Å². The van der Waals surface area contributed by atoms with Crippen LogP contribution in [-0.2, 0) is 6.42 Å². The smallest absolute Gasteiger partial charge is 0.261 e. The van der Waals surface area contributed by atoms with Crippen molar-refractivity contribution in [3.8, 4) is 11.3 Å². The molecule has 0 aliphatic rings. The monoisotopic (exact) mass is 363 g/mol. The van der Waals surface area contributed by atoms with Crippen molar-refractivity contribution in [3.63, 3.8) is 0 Å². The fourth-order valence-electron chi connectivity index (χ4n) is 2.51. The molecule has 1 aromatic heterocycles. The summed E-state index contributed by atoms with van der Waals surface area (Å²) in [7, 11) is 0. The predicted molar refractivity (Wildman–Crippen MR) is 87.6 cm³/mol. The Morgan fingerprint density at radius 1 is 1.04 bits per heavy atom. The third kappa shape index (κ3) is 3.17. The topological polar surface area (TPSA) is 57.8 Å². The van der Waals surface area contributed by atoms with Crippen LogP contribution in [0.25, 0.3) is 11.3 Å². The molecule has 3 aromatic rings. The van der Waals surface area contributed by atoms with E-state index in [1.165, 1.54) is 6.07 Å². The van der Waals surface area contributed by atoms with Crippen LogP contribution in [-0.4, -0.2) is 16.1 Å². The minimum Gasteiger partial charge on any atom is -0.318 e. The van der Waals surface area contributed by atoms with Gasteiger partial charge in [0, 0.05) is 5.56 Å². The Morgan fingerprint density at radius 3 is 2.35 bits per heavy atom. The molecule has 1 amide bonds. The molecular formula is C18H13F4N3O. The van der Waals surface area contributed by atoms with Gasteiger partial charge in [-0.3, -0.25) is 9.89 Å². The van der Waals surface area contributed by atoms with Gasteiger partial charge in [0.2, 0.25) is 0 Å². The number of halogens is 4. The second kappa shape index (κ2) is 6.99. The molecule has 0 fully saturated rings. The molecule has 0 aliphatic heterocycles. The fourth-order valence-corrected chi connectivity index (χ4v) is 2.51. The van der Waals surface area contributed by atoms with E-state index in [1.54, 1.807) is 6.92 Å². The maximum absolute atomic E-state index is 13.8. The summed E-state index contributed by atoms with van der Waals surface area (Å²) in [5.74, 6) is -5.16. The van der Waals surface area contributed by atoms with Crippen molar-refractivity contribution in [1.29, 1.82) is 0 Å². The zero-order chi connectivity index (χ0) is 18.8. The Hall–Kier alpha value is -3.16. The quantitative estimate of drug-likeness (QED) is 0.673. The van der Waals surface area contributed by atoms with Crippen molar-refractivity contribution in [1.82, 2.24) is 10.2 Å². The molecule has 0 saturated heterocycles. The van der Waals surface area contributed by atoms with Crippen LogP contribution in [0.2, 0.25) is 0 Å². The number of rotatable bonds is 4. The number of benzene rings is 2. The Morgan fingerprint density at radius 2 is 1.73 bits per heavy atom. The van der Waals surface area contributed by atoms with Gasteiger partial charge in [-0.2, -0.15) is 5.10 Å². The molecule has 0 unspecified atom stereocenters. The zero-order valence-corrected chi connectivity index (χ0v) is 13.5. The van der Waals surface area contributed by atoms with E-state index >= 15 is 0 Å². The number of amides is 1. The number of nitrogens with one attached hydrogen (secondary N) is 2. The highest BCUT2D eigenvalue weighted by Crippen LogP contribution is 2.31. The van der Waals surface area contributed by atoms with E-state index in [9.17, 15) is 22.4 Å². The molecule has 0 bridgehead atoms. The van der Waals surface area contributed by atoms with Crippen molar-refractivity contribution in [2.45, 2.75) is 13.3 Å². The fraction of sp³-hybridized carbons (Fsp3) is 0.111. The van der Waals surface area contributed by atoms with E-state index in [0.717, 1.165) is 30.3 Å². The second-order valence-electron chi connectivity index (χ2n) is 5.46. The number of H-pyrrole nitrogens is 1. The first-order chi connectivity index (χ1) is 12.4. The normalized spacial score (nSPS) is 10.8. The summed E-state index contributed by atoms with van der Waals surface area (Å²) in [4.78, 5) is 12.4. The lowest BCUT2D eigenvalue weighted by molar-refractivity contribution is 0.101. The Bertz CT molecular complexity index is 964. The number of aromatic amines is 1. The van der Waals surface area contributed by atoms with Crippen molar-refractivity contribution in [3.05, 3.63) is 70.9 Å². The van der Waals surface area contributed by atoms with Crippen LogP contribution in [0.1, 0.15) is 23.0 Å². The van der Waals surface area contributed by atoms with Crippen molar-refractivity contribution >= 4 is 11.6 Å². The molecule has 0 radical (unpaired) electrons. The molecule has 1 heterocycles. The van der Waals surface area contributed by atoms with Crippen molar-refractivity contribution in [2.24, 2.45) is 0 Å². The van der Waals surface area contributed by atoms with Gasteiger partial charge in [0.15, 0.2) is 11.6 Å². The molecule has 8 heteroatoms. The molecule has 0 aliphatic carbocycles. The Labute approximate surface area is 145 Å². The summed E-state index contributed by atoms with van der Waals surface area (Å²) in [6.07, 6.45) is 0.409. The molecule has 134 valence electrons. The maximum Gasteiger partial charge on any atom is 0.261 e. The van der Waals surface area contributed by atoms with Crippen LogP contribution in [0.15, 0.2) is 36.4 Å². The molecule has 0 saturated carbocycles. The van der Waals surface area contributed by atoms with Gasteiger partial charge < -0.3 is 5.32 Å². The lowest BCUT2D eigenvalue weighted by Crippen LogP contribution is -2.17. The van der Waals surface area contributed by atoms with Gasteiger partial charge in [-0.05, 0) is 36.8 Å². The Kier molecular flexibility index (Phi) is 4.75. The van der Waals surface area contributed by atoms with Gasteiger partial charge in [-0.1, -0.05) is 13.0 Å². The summed E-state index contributed by atoms with van der Waals surface area (Å²) in [6, 6.07) is 6.20. The molecular weight excluding hydrogens is 350 g/mol. The molecule has 2 N–H and O–H groups in total. The molecule has 4 nitrogen and oxygen atoms in total. The summed E-state index contributed by atoms with van der Waals surface area (Å²) < 4.78 is 54.3. The largest absolute Gasteiger partial charge is 0.318 e. The highest BCUT2D eigenvalue weighted by atomic mass is 19.2. The molecule has 26 heavy (non-hydrogen) atoms. The average Bonchev–Trinajstić information content (AvgIpc) is 2.99. The van der Waals surface area contributed by atoms with Gasteiger partial charge in [0.25, 0.3) is 5.91 Å². The zero-order valence-electron chi connectivity index (χ0n) is 13.5. The van der Waals surface area contributed by atoms with E-state index in [-0.39, 0.29) is 16.9 Å². The van der Waals surface area contributed by atoms with Gasteiger partial charge in [-0.15, -0.1) is 0 Å². The number of aromatic nitrogens is 2. The van der Waals surface area contributed by atoms with Crippen LogP contribution >= 0.6 is 0 Å². The van der Waals surface area contributed by atoms with E-state index in [0.29, 0.717) is 12.1 Å². The molecule has 2 aromatic carbocycles. The van der Waals surface area contributed by atoms with Gasteiger partial charge in [0.1, 0.15) is 22.9 Å². The molecule has 0 atom stereocenters. The third-order valence-corrected chi connectivity index (χ3v) is 3.82. The Balaban J connectivity index is 2.03. The summed E-state index contributed by atoms with van der Waals surface area (Å²) in [6.45, 7) is 1.77. The van der Waals surface area contributed by atoms with Crippen LogP contribution in [0.5, 0.6) is 0 Å². The highest BCUT2D eigenvalue weighted by molar-refractivity contribution is 6.06. The number of nitrogens with zero attached hydrogens (tertiary/aromatic N) is 1. The number of carbonyl (C=O) groups excluding carboxylic acids is 1. The third-order valence-electron chi connectivity index (χ3n) is 3.82. The highest BCUT2D eigenvalue weighted by Gasteiger charge is 2.22. The standard InChI is InChI=1S/C18H13F4N3O/c1-2-14-17(23-18(26)15-11(20)4-3-5-12(15)21)16(25-24-14)9-6-7-10(19)13(22)8-9/h3-8H,2H2,1H3,(H,23,26)(H,24,25). The number of hydrogen-bond donors (Lipinski definition) is 2.